The van der Waals surface area contributed by atoms with Crippen LogP contribution in [-0.2, 0) is 0 Å². The van der Waals surface area contributed by atoms with E-state index in [-0.39, 0.29) is 0 Å². The number of hydrogen-bond donors (Lipinski definition) is 2. The summed E-state index contributed by atoms with van der Waals surface area (Å²) in [4.78, 5) is 8.37. The largest absolute Gasteiger partial charge is 0.618 e. The molecule has 2 N–H and O–H groups in total. The van der Waals surface area contributed by atoms with Gasteiger partial charge in [-0.05, 0) is 36.4 Å². The van der Waals surface area contributed by atoms with Gasteiger partial charge in [0, 0.05) is 36.7 Å². The lowest BCUT2D eigenvalue weighted by molar-refractivity contribution is -0.625. The van der Waals surface area contributed by atoms with Crippen molar-refractivity contribution in [3.8, 4) is 22.8 Å². The molecular weight excluding hydrogens is 360 g/mol. The third-order valence-corrected chi connectivity index (χ3v) is 3.50. The molecule has 0 aliphatic carbocycles. The van der Waals surface area contributed by atoms with Crippen molar-refractivity contribution in [3.05, 3.63) is 108 Å². The molecule has 0 spiro atoms. The minimum atomic E-state index is 0.350. The molecule has 8 heteroatoms. The molecule has 0 saturated carbocycles. The molecule has 4 heterocycles. The van der Waals surface area contributed by atoms with Gasteiger partial charge in [-0.2, -0.15) is 9.46 Å². The number of hydrogen-bond acceptors (Lipinski definition) is 6. The zero-order valence-electron chi connectivity index (χ0n) is 14.7. The summed E-state index contributed by atoms with van der Waals surface area (Å²) >= 11 is 0. The van der Waals surface area contributed by atoms with Crippen molar-refractivity contribution in [2.45, 2.75) is 0 Å². The molecule has 0 saturated heterocycles. The summed E-state index contributed by atoms with van der Waals surface area (Å²) in [5, 5.41) is 34.7. The number of nitrogens with zero attached hydrogens (tertiary/aromatic N) is 4. The fourth-order valence-corrected chi connectivity index (χ4v) is 2.28. The third-order valence-electron chi connectivity index (χ3n) is 3.50. The fraction of sp³-hybridized carbons (Fsp3) is 0. The maximum atomic E-state index is 11.3. The molecule has 0 aromatic carbocycles. The minimum Gasteiger partial charge on any atom is -0.618 e. The molecule has 0 amide bonds. The minimum absolute atomic E-state index is 0.350. The maximum absolute atomic E-state index is 11.3. The van der Waals surface area contributed by atoms with Crippen molar-refractivity contribution in [2.75, 3.05) is 0 Å². The van der Waals surface area contributed by atoms with Gasteiger partial charge in [-0.1, -0.05) is 12.1 Å². The predicted molar refractivity (Wildman–Crippen MR) is 103 cm³/mol. The molecule has 0 fully saturated rings. The van der Waals surface area contributed by atoms with Crippen molar-refractivity contribution >= 4 is 0 Å². The van der Waals surface area contributed by atoms with Crippen molar-refractivity contribution in [1.82, 2.24) is 9.97 Å². The highest BCUT2D eigenvalue weighted by molar-refractivity contribution is 5.52. The fourth-order valence-electron chi connectivity index (χ4n) is 2.28. The van der Waals surface area contributed by atoms with Crippen LogP contribution in [0.4, 0.5) is 0 Å². The van der Waals surface area contributed by atoms with E-state index in [2.05, 4.69) is 9.97 Å². The number of rotatable bonds is 2. The van der Waals surface area contributed by atoms with Crippen LogP contribution in [0.3, 0.4) is 0 Å². The molecule has 4 rings (SSSR count). The summed E-state index contributed by atoms with van der Waals surface area (Å²) in [6.45, 7) is 0. The highest BCUT2D eigenvalue weighted by Crippen LogP contribution is 2.11. The van der Waals surface area contributed by atoms with Crippen LogP contribution in [0.2, 0.25) is 0 Å². The maximum Gasteiger partial charge on any atom is 0.289 e. The molecule has 142 valence electrons. The van der Waals surface area contributed by atoms with E-state index in [0.717, 1.165) is 11.4 Å². The second-order valence-electron chi connectivity index (χ2n) is 5.25. The van der Waals surface area contributed by atoms with Crippen LogP contribution in [0.1, 0.15) is 0 Å². The Morgan fingerprint density at radius 1 is 0.571 bits per heavy atom. The highest BCUT2D eigenvalue weighted by atomic mass is 17.0. The molecule has 0 bridgehead atoms. The van der Waals surface area contributed by atoms with Crippen molar-refractivity contribution in [3.63, 3.8) is 0 Å². The molecule has 0 radical (unpaired) electrons. The molecule has 28 heavy (non-hydrogen) atoms. The van der Waals surface area contributed by atoms with Gasteiger partial charge in [-0.3, -0.25) is 20.5 Å². The lowest BCUT2D eigenvalue weighted by atomic mass is 10.2. The van der Waals surface area contributed by atoms with E-state index < -0.39 is 0 Å². The van der Waals surface area contributed by atoms with E-state index >= 15 is 0 Å². The van der Waals surface area contributed by atoms with Gasteiger partial charge >= 0.3 is 0 Å². The van der Waals surface area contributed by atoms with Gasteiger partial charge < -0.3 is 10.4 Å². The summed E-state index contributed by atoms with van der Waals surface area (Å²) in [6.07, 6.45) is 6.26. The van der Waals surface area contributed by atoms with Crippen LogP contribution in [0.25, 0.3) is 22.8 Å². The Hall–Kier alpha value is -3.88. The van der Waals surface area contributed by atoms with Crippen LogP contribution >= 0.6 is 0 Å². The molecule has 0 unspecified atom stereocenters. The van der Waals surface area contributed by atoms with Gasteiger partial charge in [0.1, 0.15) is 0 Å². The van der Waals surface area contributed by atoms with Gasteiger partial charge in [0.15, 0.2) is 12.4 Å². The van der Waals surface area contributed by atoms with Crippen LogP contribution < -0.4 is 9.46 Å². The second kappa shape index (κ2) is 11.0. The SMILES string of the molecule is OO.[O-][n+]1ccccc1-c1cccc[n+]1[O-].c1ccc(-c2ccccn2)nc1. The van der Waals surface area contributed by atoms with Gasteiger partial charge in [-0.15, -0.1) is 0 Å². The molecule has 0 atom stereocenters. The van der Waals surface area contributed by atoms with E-state index in [1.165, 1.54) is 12.4 Å². The van der Waals surface area contributed by atoms with E-state index in [0.29, 0.717) is 20.8 Å². The zero-order chi connectivity index (χ0) is 20.2. The summed E-state index contributed by atoms with van der Waals surface area (Å²) in [7, 11) is 0. The third kappa shape index (κ3) is 5.56. The molecule has 0 aliphatic rings. The average molecular weight is 378 g/mol. The normalized spacial score (nSPS) is 9.36. The first-order valence-electron chi connectivity index (χ1n) is 8.15. The Kier molecular flexibility index (Phi) is 8.00. The molecule has 4 aromatic rings. The van der Waals surface area contributed by atoms with Gasteiger partial charge in [-0.25, -0.2) is 0 Å². The molecular formula is C20H18N4O4. The highest BCUT2D eigenvalue weighted by Gasteiger charge is 2.15. The summed E-state index contributed by atoms with van der Waals surface area (Å²) < 4.78 is 1.34. The quantitative estimate of drug-likeness (QED) is 0.239. The Morgan fingerprint density at radius 3 is 1.29 bits per heavy atom. The Labute approximate surface area is 161 Å². The summed E-state index contributed by atoms with van der Waals surface area (Å²) in [5.41, 5.74) is 2.53. The Balaban J connectivity index is 0.000000186. The average Bonchev–Trinajstić information content (AvgIpc) is 2.78. The van der Waals surface area contributed by atoms with Crippen LogP contribution in [-0.4, -0.2) is 20.5 Å². The van der Waals surface area contributed by atoms with Gasteiger partial charge in [0.2, 0.25) is 0 Å². The Bertz CT molecular complexity index is 889. The van der Waals surface area contributed by atoms with Gasteiger partial charge in [0.25, 0.3) is 11.4 Å². The van der Waals surface area contributed by atoms with Crippen LogP contribution in [0.5, 0.6) is 0 Å². The van der Waals surface area contributed by atoms with Crippen LogP contribution in [0, 0.1) is 10.4 Å². The van der Waals surface area contributed by atoms with E-state index in [4.69, 9.17) is 10.5 Å². The van der Waals surface area contributed by atoms with E-state index in [1.54, 1.807) is 48.8 Å². The topological polar surface area (TPSA) is 120 Å². The number of pyridine rings is 4. The molecule has 4 aromatic heterocycles. The zero-order valence-corrected chi connectivity index (χ0v) is 14.7. The van der Waals surface area contributed by atoms with Crippen molar-refractivity contribution in [2.24, 2.45) is 0 Å². The first-order valence-corrected chi connectivity index (χ1v) is 8.15. The monoisotopic (exact) mass is 378 g/mol. The smallest absolute Gasteiger partial charge is 0.289 e. The van der Waals surface area contributed by atoms with E-state index in [1.807, 2.05) is 36.4 Å². The molecule has 8 nitrogen and oxygen atoms in total. The Morgan fingerprint density at radius 2 is 0.964 bits per heavy atom. The van der Waals surface area contributed by atoms with Crippen LogP contribution in [0.15, 0.2) is 97.6 Å². The summed E-state index contributed by atoms with van der Waals surface area (Å²) in [5.74, 6) is 0. The number of aromatic nitrogens is 4. The van der Waals surface area contributed by atoms with Crippen molar-refractivity contribution < 1.29 is 20.0 Å². The summed E-state index contributed by atoms with van der Waals surface area (Å²) in [6, 6.07) is 21.5. The predicted octanol–water partition coefficient (Wildman–Crippen LogP) is 2.78. The van der Waals surface area contributed by atoms with E-state index in [9.17, 15) is 10.4 Å². The molecule has 0 aliphatic heterocycles. The first-order chi connectivity index (χ1) is 13.8. The van der Waals surface area contributed by atoms with Gasteiger partial charge in [0.05, 0.1) is 11.4 Å². The lowest BCUT2D eigenvalue weighted by Gasteiger charge is -2.03. The second-order valence-corrected chi connectivity index (χ2v) is 5.25. The standard InChI is InChI=1S/C10H8N2O2.C10H8N2.H2O2/c13-11-7-3-1-5-9(11)10-6-2-4-8-12(10)14;1-3-7-11-9(5-1)10-6-2-4-8-12-10;1-2/h1-8H;1-8H;1-2H. The first kappa shape index (κ1) is 20.4. The lowest BCUT2D eigenvalue weighted by Crippen LogP contribution is -2.36. The van der Waals surface area contributed by atoms with Crippen molar-refractivity contribution in [1.29, 1.82) is 0 Å².